The predicted molar refractivity (Wildman–Crippen MR) is 53.0 cm³/mol. The molecule has 0 radical (unpaired) electrons. The van der Waals surface area contributed by atoms with Crippen LogP contribution in [-0.4, -0.2) is 17.2 Å². The number of carbonyl (C=O) groups is 1. The van der Waals surface area contributed by atoms with Gasteiger partial charge in [-0.25, -0.2) is 9.18 Å². The number of rotatable bonds is 4. The van der Waals surface area contributed by atoms with Crippen LogP contribution in [0.15, 0.2) is 18.2 Å². The Morgan fingerprint density at radius 2 is 2.27 bits per heavy atom. The topological polar surface area (TPSA) is 46.5 Å². The third-order valence-electron chi connectivity index (χ3n) is 2.15. The number of hydrogen-bond acceptors (Lipinski definition) is 2. The van der Waals surface area contributed by atoms with E-state index >= 15 is 0 Å². The summed E-state index contributed by atoms with van der Waals surface area (Å²) in [5, 5.41) is 8.58. The summed E-state index contributed by atoms with van der Waals surface area (Å²) in [7, 11) is 0. The van der Waals surface area contributed by atoms with Crippen LogP contribution in [0.2, 0.25) is 0 Å². The molecule has 0 saturated heterocycles. The average Bonchev–Trinajstić information content (AvgIpc) is 2.18. The van der Waals surface area contributed by atoms with Gasteiger partial charge in [0.15, 0.2) is 6.10 Å². The van der Waals surface area contributed by atoms with E-state index in [1.807, 2.05) is 6.92 Å². The highest BCUT2D eigenvalue weighted by Gasteiger charge is 2.11. The molecule has 0 fully saturated rings. The molecule has 4 heteroatoms. The number of benzene rings is 1. The van der Waals surface area contributed by atoms with Crippen LogP contribution in [0.4, 0.5) is 4.39 Å². The summed E-state index contributed by atoms with van der Waals surface area (Å²) in [5.41, 5.74) is 1.55. The molecule has 0 amide bonds. The molecule has 0 aliphatic carbocycles. The molecule has 0 aliphatic rings. The van der Waals surface area contributed by atoms with Gasteiger partial charge in [-0.2, -0.15) is 0 Å². The van der Waals surface area contributed by atoms with Crippen molar-refractivity contribution in [1.82, 2.24) is 0 Å². The first kappa shape index (κ1) is 11.7. The van der Waals surface area contributed by atoms with Gasteiger partial charge in [0.2, 0.25) is 0 Å². The zero-order valence-corrected chi connectivity index (χ0v) is 8.66. The molecule has 82 valence electrons. The number of aliphatic carboxylic acids is 1. The molecule has 1 aromatic carbocycles. The van der Waals surface area contributed by atoms with E-state index in [9.17, 15) is 9.18 Å². The fraction of sp³-hybridized carbons (Fsp3) is 0.364. The van der Waals surface area contributed by atoms with Crippen molar-refractivity contribution in [1.29, 1.82) is 0 Å². The van der Waals surface area contributed by atoms with Gasteiger partial charge in [-0.1, -0.05) is 6.07 Å². The van der Waals surface area contributed by atoms with Crippen LogP contribution in [0.25, 0.3) is 0 Å². The monoisotopic (exact) mass is 212 g/mol. The Hall–Kier alpha value is -1.42. The second-order valence-corrected chi connectivity index (χ2v) is 3.36. The van der Waals surface area contributed by atoms with E-state index in [-0.39, 0.29) is 12.4 Å². The van der Waals surface area contributed by atoms with Crippen LogP contribution in [0, 0.1) is 12.7 Å². The number of ether oxygens (including phenoxy) is 1. The van der Waals surface area contributed by atoms with Gasteiger partial charge >= 0.3 is 5.97 Å². The van der Waals surface area contributed by atoms with Gasteiger partial charge in [0.25, 0.3) is 0 Å². The van der Waals surface area contributed by atoms with Crippen molar-refractivity contribution in [3.05, 3.63) is 35.1 Å². The molecule has 0 unspecified atom stereocenters. The summed E-state index contributed by atoms with van der Waals surface area (Å²) in [6.45, 7) is 3.37. The van der Waals surface area contributed by atoms with E-state index in [2.05, 4.69) is 0 Å². The number of carboxylic acid groups (broad SMARTS) is 1. The second kappa shape index (κ2) is 4.89. The maximum absolute atomic E-state index is 12.9. The Kier molecular flexibility index (Phi) is 3.80. The van der Waals surface area contributed by atoms with Crippen LogP contribution < -0.4 is 0 Å². The fourth-order valence-corrected chi connectivity index (χ4v) is 1.08. The van der Waals surface area contributed by atoms with E-state index in [0.29, 0.717) is 5.56 Å². The molecule has 1 rings (SSSR count). The highest BCUT2D eigenvalue weighted by atomic mass is 19.1. The minimum Gasteiger partial charge on any atom is -0.479 e. The maximum atomic E-state index is 12.9. The molecule has 3 nitrogen and oxygen atoms in total. The molecule has 1 atom stereocenters. The first-order valence-corrected chi connectivity index (χ1v) is 4.60. The lowest BCUT2D eigenvalue weighted by atomic mass is 10.1. The SMILES string of the molecule is Cc1ccc(F)cc1CO[C@H](C)C(=O)O. The molecule has 1 N–H and O–H groups in total. The molecular weight excluding hydrogens is 199 g/mol. The van der Waals surface area contributed by atoms with E-state index < -0.39 is 12.1 Å². The van der Waals surface area contributed by atoms with E-state index in [1.165, 1.54) is 19.1 Å². The standard InChI is InChI=1S/C11H13FO3/c1-7-3-4-10(12)5-9(7)6-15-8(2)11(13)14/h3-5,8H,6H2,1-2H3,(H,13,14)/t8-/m1/s1. The molecule has 1 aromatic rings. The minimum absolute atomic E-state index is 0.108. The molecular formula is C11H13FO3. The van der Waals surface area contributed by atoms with Gasteiger partial charge in [0.1, 0.15) is 5.82 Å². The van der Waals surface area contributed by atoms with Crippen molar-refractivity contribution < 1.29 is 19.0 Å². The van der Waals surface area contributed by atoms with Crippen molar-refractivity contribution in [3.8, 4) is 0 Å². The van der Waals surface area contributed by atoms with Gasteiger partial charge in [-0.3, -0.25) is 0 Å². The van der Waals surface area contributed by atoms with Crippen molar-refractivity contribution in [2.75, 3.05) is 0 Å². The van der Waals surface area contributed by atoms with Crippen LogP contribution >= 0.6 is 0 Å². The molecule has 0 spiro atoms. The van der Waals surface area contributed by atoms with Crippen molar-refractivity contribution in [3.63, 3.8) is 0 Å². The Labute approximate surface area is 87.5 Å². The smallest absolute Gasteiger partial charge is 0.332 e. The zero-order chi connectivity index (χ0) is 11.4. The highest BCUT2D eigenvalue weighted by Crippen LogP contribution is 2.12. The largest absolute Gasteiger partial charge is 0.479 e. The lowest BCUT2D eigenvalue weighted by Crippen LogP contribution is -2.19. The van der Waals surface area contributed by atoms with Crippen LogP contribution in [-0.2, 0) is 16.1 Å². The average molecular weight is 212 g/mol. The Morgan fingerprint density at radius 3 is 2.87 bits per heavy atom. The minimum atomic E-state index is -1.02. The van der Waals surface area contributed by atoms with E-state index in [1.54, 1.807) is 6.07 Å². The predicted octanol–water partition coefficient (Wildman–Crippen LogP) is 2.12. The highest BCUT2D eigenvalue weighted by molar-refractivity contribution is 5.71. The maximum Gasteiger partial charge on any atom is 0.332 e. The summed E-state index contributed by atoms with van der Waals surface area (Å²) in [6.07, 6.45) is -0.882. The fourth-order valence-electron chi connectivity index (χ4n) is 1.08. The van der Waals surface area contributed by atoms with Gasteiger partial charge in [-0.15, -0.1) is 0 Å². The normalized spacial score (nSPS) is 12.5. The van der Waals surface area contributed by atoms with E-state index in [4.69, 9.17) is 9.84 Å². The molecule has 0 aromatic heterocycles. The van der Waals surface area contributed by atoms with Gasteiger partial charge in [0.05, 0.1) is 6.61 Å². The molecule has 0 saturated carbocycles. The first-order chi connectivity index (χ1) is 7.00. The van der Waals surface area contributed by atoms with Crippen LogP contribution in [0.1, 0.15) is 18.1 Å². The summed E-state index contributed by atoms with van der Waals surface area (Å²) >= 11 is 0. The quantitative estimate of drug-likeness (QED) is 0.831. The third-order valence-corrected chi connectivity index (χ3v) is 2.15. The summed E-state index contributed by atoms with van der Waals surface area (Å²) in [5.74, 6) is -1.37. The van der Waals surface area contributed by atoms with Crippen molar-refractivity contribution in [2.24, 2.45) is 0 Å². The molecule has 0 bridgehead atoms. The summed E-state index contributed by atoms with van der Waals surface area (Å²) in [4.78, 5) is 10.5. The van der Waals surface area contributed by atoms with Crippen LogP contribution in [0.5, 0.6) is 0 Å². The lowest BCUT2D eigenvalue weighted by Gasteiger charge is -2.10. The Bertz CT molecular complexity index is 363. The van der Waals surface area contributed by atoms with Gasteiger partial charge in [0, 0.05) is 0 Å². The third kappa shape index (κ3) is 3.32. The van der Waals surface area contributed by atoms with Gasteiger partial charge < -0.3 is 9.84 Å². The Balaban J connectivity index is 2.65. The molecule has 0 heterocycles. The number of carboxylic acids is 1. The summed E-state index contributed by atoms with van der Waals surface area (Å²) < 4.78 is 17.9. The number of hydrogen-bond donors (Lipinski definition) is 1. The zero-order valence-electron chi connectivity index (χ0n) is 8.66. The lowest BCUT2D eigenvalue weighted by molar-refractivity contribution is -0.149. The second-order valence-electron chi connectivity index (χ2n) is 3.36. The van der Waals surface area contributed by atoms with E-state index in [0.717, 1.165) is 5.56 Å². The van der Waals surface area contributed by atoms with Crippen LogP contribution in [0.3, 0.4) is 0 Å². The van der Waals surface area contributed by atoms with Crippen molar-refractivity contribution in [2.45, 2.75) is 26.6 Å². The van der Waals surface area contributed by atoms with Gasteiger partial charge in [-0.05, 0) is 37.1 Å². The molecule has 0 aliphatic heterocycles. The molecule has 15 heavy (non-hydrogen) atoms. The number of halogens is 1. The number of aryl methyl sites for hydroxylation is 1. The summed E-state index contributed by atoms with van der Waals surface area (Å²) in [6, 6.07) is 4.35. The Morgan fingerprint density at radius 1 is 1.60 bits per heavy atom. The first-order valence-electron chi connectivity index (χ1n) is 4.60. The van der Waals surface area contributed by atoms with Crippen molar-refractivity contribution >= 4 is 5.97 Å².